The molecule has 0 bridgehead atoms. The highest BCUT2D eigenvalue weighted by molar-refractivity contribution is 5.86. The standard InChI is InChI=1S/C22H24N4O4/c1-29-17-12-10-16(11-13-17)22-25-20(30-26-22)9-5-8-19(27)24-18(21(23)28)14-15-6-3-2-4-7-15/h2-4,6-7,10-13,18H,5,8-9,14H2,1H3,(H2,23,28)(H,24,27). The van der Waals surface area contributed by atoms with Crippen LogP contribution in [-0.2, 0) is 22.4 Å². The summed E-state index contributed by atoms with van der Waals surface area (Å²) in [6.45, 7) is 0. The number of ether oxygens (including phenoxy) is 1. The number of nitrogens with one attached hydrogen (secondary N) is 1. The molecule has 1 aromatic heterocycles. The molecular weight excluding hydrogens is 384 g/mol. The van der Waals surface area contributed by atoms with Crippen LogP contribution in [0.4, 0.5) is 0 Å². The van der Waals surface area contributed by atoms with Gasteiger partial charge in [-0.3, -0.25) is 9.59 Å². The van der Waals surface area contributed by atoms with Crippen LogP contribution in [0.15, 0.2) is 59.1 Å². The van der Waals surface area contributed by atoms with E-state index >= 15 is 0 Å². The lowest BCUT2D eigenvalue weighted by atomic mass is 10.1. The number of hydrogen-bond acceptors (Lipinski definition) is 6. The molecule has 3 aromatic rings. The predicted octanol–water partition coefficient (Wildman–Crippen LogP) is 2.28. The number of carbonyl (C=O) groups is 2. The van der Waals surface area contributed by atoms with E-state index in [1.54, 1.807) is 7.11 Å². The zero-order chi connectivity index (χ0) is 21.3. The van der Waals surface area contributed by atoms with Gasteiger partial charge in [-0.25, -0.2) is 0 Å². The summed E-state index contributed by atoms with van der Waals surface area (Å²) in [6, 6.07) is 16.0. The number of aryl methyl sites for hydroxylation is 1. The van der Waals surface area contributed by atoms with Crippen LogP contribution in [0.1, 0.15) is 24.3 Å². The van der Waals surface area contributed by atoms with Crippen molar-refractivity contribution in [1.82, 2.24) is 15.5 Å². The minimum Gasteiger partial charge on any atom is -0.497 e. The van der Waals surface area contributed by atoms with Crippen molar-refractivity contribution in [2.45, 2.75) is 31.7 Å². The van der Waals surface area contributed by atoms with Crippen LogP contribution in [0.3, 0.4) is 0 Å². The lowest BCUT2D eigenvalue weighted by Gasteiger charge is -2.15. The molecule has 0 aliphatic heterocycles. The molecule has 3 rings (SSSR count). The zero-order valence-electron chi connectivity index (χ0n) is 16.7. The number of nitrogens with two attached hydrogens (primary N) is 1. The second kappa shape index (κ2) is 10.2. The molecule has 0 saturated heterocycles. The first-order valence-electron chi connectivity index (χ1n) is 9.65. The van der Waals surface area contributed by atoms with E-state index in [2.05, 4.69) is 15.5 Å². The molecule has 1 atom stereocenters. The summed E-state index contributed by atoms with van der Waals surface area (Å²) in [4.78, 5) is 28.3. The molecule has 3 N–H and O–H groups in total. The van der Waals surface area contributed by atoms with Gasteiger partial charge in [-0.05, 0) is 36.2 Å². The average molecular weight is 408 g/mol. The summed E-state index contributed by atoms with van der Waals surface area (Å²) in [5, 5.41) is 6.67. The largest absolute Gasteiger partial charge is 0.497 e. The third-order valence-electron chi connectivity index (χ3n) is 4.57. The number of primary amides is 1. The Hall–Kier alpha value is -3.68. The van der Waals surface area contributed by atoms with Gasteiger partial charge in [-0.1, -0.05) is 35.5 Å². The molecule has 0 aliphatic carbocycles. The maximum absolute atomic E-state index is 12.2. The van der Waals surface area contributed by atoms with Crippen molar-refractivity contribution in [3.8, 4) is 17.1 Å². The highest BCUT2D eigenvalue weighted by Gasteiger charge is 2.18. The molecule has 8 heteroatoms. The molecule has 30 heavy (non-hydrogen) atoms. The van der Waals surface area contributed by atoms with Crippen LogP contribution >= 0.6 is 0 Å². The van der Waals surface area contributed by atoms with Crippen molar-refractivity contribution in [3.05, 3.63) is 66.1 Å². The molecule has 0 saturated carbocycles. The second-order valence-corrected chi connectivity index (χ2v) is 6.81. The first-order valence-corrected chi connectivity index (χ1v) is 9.65. The monoisotopic (exact) mass is 408 g/mol. The van der Waals surface area contributed by atoms with E-state index < -0.39 is 11.9 Å². The summed E-state index contributed by atoms with van der Waals surface area (Å²) in [5.74, 6) is 0.867. The van der Waals surface area contributed by atoms with Gasteiger partial charge in [-0.2, -0.15) is 4.98 Å². The number of hydrogen-bond donors (Lipinski definition) is 2. The van der Waals surface area contributed by atoms with Crippen molar-refractivity contribution in [2.24, 2.45) is 5.73 Å². The molecule has 8 nitrogen and oxygen atoms in total. The topological polar surface area (TPSA) is 120 Å². The van der Waals surface area contributed by atoms with E-state index in [1.165, 1.54) is 0 Å². The molecule has 0 radical (unpaired) electrons. The fourth-order valence-corrected chi connectivity index (χ4v) is 2.95. The summed E-state index contributed by atoms with van der Waals surface area (Å²) >= 11 is 0. The van der Waals surface area contributed by atoms with E-state index in [9.17, 15) is 9.59 Å². The molecule has 0 spiro atoms. The third kappa shape index (κ3) is 5.91. The summed E-state index contributed by atoms with van der Waals surface area (Å²) in [6.07, 6.45) is 1.54. The number of aromatic nitrogens is 2. The Bertz CT molecular complexity index is 970. The van der Waals surface area contributed by atoms with Gasteiger partial charge in [0.1, 0.15) is 11.8 Å². The van der Waals surface area contributed by atoms with E-state index in [4.69, 9.17) is 15.0 Å². The number of rotatable bonds is 10. The van der Waals surface area contributed by atoms with Crippen LogP contribution in [-0.4, -0.2) is 35.1 Å². The van der Waals surface area contributed by atoms with Gasteiger partial charge in [0.25, 0.3) is 0 Å². The zero-order valence-corrected chi connectivity index (χ0v) is 16.7. The number of methoxy groups -OCH3 is 1. The highest BCUT2D eigenvalue weighted by Crippen LogP contribution is 2.20. The van der Waals surface area contributed by atoms with Gasteiger partial charge in [0.15, 0.2) is 0 Å². The Balaban J connectivity index is 1.47. The van der Waals surface area contributed by atoms with Gasteiger partial charge >= 0.3 is 0 Å². The highest BCUT2D eigenvalue weighted by atomic mass is 16.5. The van der Waals surface area contributed by atoms with Crippen LogP contribution in [0.5, 0.6) is 5.75 Å². The van der Waals surface area contributed by atoms with Gasteiger partial charge in [0, 0.05) is 24.8 Å². The van der Waals surface area contributed by atoms with Crippen molar-refractivity contribution >= 4 is 11.8 Å². The first kappa shape index (κ1) is 21.0. The first-order chi connectivity index (χ1) is 14.5. The molecule has 1 unspecified atom stereocenters. The molecule has 2 aromatic carbocycles. The minimum absolute atomic E-state index is 0.221. The normalized spacial score (nSPS) is 11.6. The predicted molar refractivity (Wildman–Crippen MR) is 110 cm³/mol. The lowest BCUT2D eigenvalue weighted by Crippen LogP contribution is -2.45. The number of benzene rings is 2. The molecule has 2 amide bonds. The second-order valence-electron chi connectivity index (χ2n) is 6.81. The Kier molecular flexibility index (Phi) is 7.15. The maximum Gasteiger partial charge on any atom is 0.240 e. The van der Waals surface area contributed by atoms with E-state index in [-0.39, 0.29) is 12.3 Å². The summed E-state index contributed by atoms with van der Waals surface area (Å²) < 4.78 is 10.4. The Morgan fingerprint density at radius 3 is 2.53 bits per heavy atom. The molecule has 1 heterocycles. The Morgan fingerprint density at radius 2 is 1.87 bits per heavy atom. The van der Waals surface area contributed by atoms with Gasteiger partial charge in [0.05, 0.1) is 7.11 Å². The molecule has 0 aliphatic rings. The van der Waals surface area contributed by atoms with Crippen LogP contribution in [0.25, 0.3) is 11.4 Å². The lowest BCUT2D eigenvalue weighted by molar-refractivity contribution is -0.127. The minimum atomic E-state index is -0.745. The van der Waals surface area contributed by atoms with Gasteiger partial charge in [0.2, 0.25) is 23.5 Å². The summed E-state index contributed by atoms with van der Waals surface area (Å²) in [7, 11) is 1.60. The van der Waals surface area contributed by atoms with Crippen molar-refractivity contribution < 1.29 is 18.8 Å². The summed E-state index contributed by atoms with van der Waals surface area (Å²) in [5.41, 5.74) is 7.18. The van der Waals surface area contributed by atoms with E-state index in [1.807, 2.05) is 54.6 Å². The number of nitrogens with zero attached hydrogens (tertiary/aromatic N) is 2. The van der Waals surface area contributed by atoms with Crippen LogP contribution < -0.4 is 15.8 Å². The number of amides is 2. The van der Waals surface area contributed by atoms with Crippen molar-refractivity contribution in [3.63, 3.8) is 0 Å². The quantitative estimate of drug-likeness (QED) is 0.531. The fraction of sp³-hybridized carbons (Fsp3) is 0.273. The number of carbonyl (C=O) groups excluding carboxylic acids is 2. The molecular formula is C22H24N4O4. The van der Waals surface area contributed by atoms with Gasteiger partial charge in [-0.15, -0.1) is 0 Å². The fourth-order valence-electron chi connectivity index (χ4n) is 2.95. The SMILES string of the molecule is COc1ccc(-c2noc(CCCC(=O)NC(Cc3ccccc3)C(N)=O)n2)cc1. The van der Waals surface area contributed by atoms with Crippen LogP contribution in [0, 0.1) is 0 Å². The smallest absolute Gasteiger partial charge is 0.240 e. The van der Waals surface area contributed by atoms with E-state index in [0.717, 1.165) is 16.9 Å². The molecule has 0 fully saturated rings. The maximum atomic E-state index is 12.2. The van der Waals surface area contributed by atoms with Crippen molar-refractivity contribution in [2.75, 3.05) is 7.11 Å². The molecule has 156 valence electrons. The van der Waals surface area contributed by atoms with E-state index in [0.29, 0.717) is 31.0 Å². The van der Waals surface area contributed by atoms with Crippen molar-refractivity contribution in [1.29, 1.82) is 0 Å². The average Bonchev–Trinajstić information content (AvgIpc) is 3.23. The Morgan fingerprint density at radius 1 is 1.13 bits per heavy atom. The third-order valence-corrected chi connectivity index (χ3v) is 4.57. The van der Waals surface area contributed by atoms with Crippen LogP contribution in [0.2, 0.25) is 0 Å². The Labute approximate surface area is 174 Å². The van der Waals surface area contributed by atoms with Gasteiger partial charge < -0.3 is 20.3 Å².